The van der Waals surface area contributed by atoms with Crippen molar-refractivity contribution in [2.24, 2.45) is 0 Å². The summed E-state index contributed by atoms with van der Waals surface area (Å²) in [5.41, 5.74) is 2.52. The Labute approximate surface area is 160 Å². The van der Waals surface area contributed by atoms with Crippen molar-refractivity contribution in [3.8, 4) is 5.75 Å². The number of hydrogen-bond acceptors (Lipinski definition) is 5. The molecule has 0 saturated heterocycles. The Hall–Kier alpha value is -3.12. The van der Waals surface area contributed by atoms with Crippen molar-refractivity contribution >= 4 is 32.6 Å². The molecule has 4 aromatic rings. The van der Waals surface area contributed by atoms with E-state index in [-0.39, 0.29) is 5.91 Å². The summed E-state index contributed by atoms with van der Waals surface area (Å²) in [6, 6.07) is 16.9. The molecule has 136 valence electrons. The fourth-order valence-corrected chi connectivity index (χ4v) is 3.72. The van der Waals surface area contributed by atoms with E-state index in [1.165, 1.54) is 11.3 Å². The van der Waals surface area contributed by atoms with Crippen molar-refractivity contribution in [2.75, 3.05) is 12.0 Å². The Morgan fingerprint density at radius 3 is 2.70 bits per heavy atom. The molecule has 0 N–H and O–H groups in total. The van der Waals surface area contributed by atoms with Crippen LogP contribution in [0, 0.1) is 6.92 Å². The van der Waals surface area contributed by atoms with Crippen LogP contribution < -0.4 is 9.64 Å². The second-order valence-electron chi connectivity index (χ2n) is 6.17. The van der Waals surface area contributed by atoms with Crippen LogP contribution in [-0.4, -0.2) is 18.0 Å². The number of methoxy groups -OCH3 is 1. The molecule has 0 unspecified atom stereocenters. The fraction of sp³-hybridized carbons (Fsp3) is 0.143. The van der Waals surface area contributed by atoms with Crippen molar-refractivity contribution in [1.82, 2.24) is 4.98 Å². The molecule has 0 aliphatic heterocycles. The predicted molar refractivity (Wildman–Crippen MR) is 107 cm³/mol. The van der Waals surface area contributed by atoms with E-state index in [1.54, 1.807) is 18.3 Å². The molecular weight excluding hydrogens is 360 g/mol. The third-order valence-electron chi connectivity index (χ3n) is 4.25. The predicted octanol–water partition coefficient (Wildman–Crippen LogP) is 5.05. The van der Waals surface area contributed by atoms with Gasteiger partial charge in [0.2, 0.25) is 0 Å². The number of carbonyl (C=O) groups excluding carboxylic acids is 1. The maximum atomic E-state index is 13.2. The molecule has 2 aromatic carbocycles. The highest BCUT2D eigenvalue weighted by Gasteiger charge is 2.22. The highest BCUT2D eigenvalue weighted by molar-refractivity contribution is 7.22. The van der Waals surface area contributed by atoms with Gasteiger partial charge in [-0.2, -0.15) is 0 Å². The summed E-state index contributed by atoms with van der Waals surface area (Å²) in [5, 5.41) is 0.625. The maximum absolute atomic E-state index is 13.2. The molecule has 2 heterocycles. The van der Waals surface area contributed by atoms with Gasteiger partial charge in [-0.15, -0.1) is 0 Å². The Balaban J connectivity index is 1.75. The molecule has 0 fully saturated rings. The third kappa shape index (κ3) is 3.57. The Kier molecular flexibility index (Phi) is 4.64. The minimum Gasteiger partial charge on any atom is -0.497 e. The zero-order chi connectivity index (χ0) is 18.8. The maximum Gasteiger partial charge on any atom is 0.260 e. The van der Waals surface area contributed by atoms with Gasteiger partial charge >= 0.3 is 0 Å². The number of rotatable bonds is 5. The third-order valence-corrected chi connectivity index (χ3v) is 5.31. The lowest BCUT2D eigenvalue weighted by Crippen LogP contribution is -2.30. The molecule has 0 saturated carbocycles. The summed E-state index contributed by atoms with van der Waals surface area (Å²) < 4.78 is 11.7. The van der Waals surface area contributed by atoms with Crippen LogP contribution >= 0.6 is 11.3 Å². The number of anilines is 1. The van der Waals surface area contributed by atoms with Crippen LogP contribution in [-0.2, 0) is 6.54 Å². The number of benzene rings is 2. The summed E-state index contributed by atoms with van der Waals surface area (Å²) in [7, 11) is 1.62. The van der Waals surface area contributed by atoms with Gasteiger partial charge in [-0.3, -0.25) is 9.69 Å². The normalized spacial score (nSPS) is 10.9. The number of furan rings is 1. The van der Waals surface area contributed by atoms with E-state index in [1.807, 2.05) is 61.5 Å². The Morgan fingerprint density at radius 1 is 1.19 bits per heavy atom. The van der Waals surface area contributed by atoms with E-state index in [9.17, 15) is 4.79 Å². The molecule has 0 spiro atoms. The molecule has 0 aliphatic rings. The largest absolute Gasteiger partial charge is 0.497 e. The minimum absolute atomic E-state index is 0.113. The number of ether oxygens (including phenoxy) is 1. The van der Waals surface area contributed by atoms with Gasteiger partial charge in [0.05, 0.1) is 30.1 Å². The Morgan fingerprint density at radius 2 is 2.00 bits per heavy atom. The van der Waals surface area contributed by atoms with Crippen molar-refractivity contribution in [2.45, 2.75) is 13.5 Å². The van der Waals surface area contributed by atoms with Crippen LogP contribution in [0.2, 0.25) is 0 Å². The van der Waals surface area contributed by atoms with Crippen LogP contribution in [0.25, 0.3) is 10.2 Å². The number of thiazole rings is 1. The van der Waals surface area contributed by atoms with Gasteiger partial charge in [0, 0.05) is 11.6 Å². The average molecular weight is 378 g/mol. The molecule has 0 radical (unpaired) electrons. The standard InChI is InChI=1S/C21H18N2O3S/c1-14-5-7-15(8-6-14)20(24)23(13-17-4-3-11-26-17)21-22-18-12-16(25-2)9-10-19(18)27-21/h3-12H,13H2,1-2H3. The fourth-order valence-electron chi connectivity index (χ4n) is 2.77. The number of nitrogens with zero attached hydrogens (tertiary/aromatic N) is 2. The monoisotopic (exact) mass is 378 g/mol. The van der Waals surface area contributed by atoms with E-state index < -0.39 is 0 Å². The van der Waals surface area contributed by atoms with E-state index in [0.717, 1.165) is 21.5 Å². The van der Waals surface area contributed by atoms with Gasteiger partial charge in [0.25, 0.3) is 5.91 Å². The molecule has 2 aromatic heterocycles. The molecule has 0 bridgehead atoms. The summed E-state index contributed by atoms with van der Waals surface area (Å²) in [6.45, 7) is 2.31. The topological polar surface area (TPSA) is 55.6 Å². The van der Waals surface area contributed by atoms with E-state index in [4.69, 9.17) is 9.15 Å². The molecular formula is C21H18N2O3S. The van der Waals surface area contributed by atoms with Gasteiger partial charge in [-0.25, -0.2) is 4.98 Å². The first-order valence-corrected chi connectivity index (χ1v) is 9.31. The number of fused-ring (bicyclic) bond motifs is 1. The summed E-state index contributed by atoms with van der Waals surface area (Å²) in [5.74, 6) is 1.33. The van der Waals surface area contributed by atoms with E-state index in [2.05, 4.69) is 4.98 Å². The smallest absolute Gasteiger partial charge is 0.260 e. The summed E-state index contributed by atoms with van der Waals surface area (Å²) in [6.07, 6.45) is 1.60. The first kappa shape index (κ1) is 17.3. The van der Waals surface area contributed by atoms with Crippen LogP contribution in [0.3, 0.4) is 0 Å². The van der Waals surface area contributed by atoms with Crippen LogP contribution in [0.5, 0.6) is 5.75 Å². The lowest BCUT2D eigenvalue weighted by molar-refractivity contribution is 0.0983. The van der Waals surface area contributed by atoms with Gasteiger partial charge < -0.3 is 9.15 Å². The highest BCUT2D eigenvalue weighted by Crippen LogP contribution is 2.32. The summed E-state index contributed by atoms with van der Waals surface area (Å²) in [4.78, 5) is 19.5. The molecule has 6 heteroatoms. The van der Waals surface area contributed by atoms with Gasteiger partial charge in [-0.1, -0.05) is 29.0 Å². The minimum atomic E-state index is -0.113. The zero-order valence-corrected chi connectivity index (χ0v) is 15.8. The zero-order valence-electron chi connectivity index (χ0n) is 15.0. The SMILES string of the molecule is COc1ccc2sc(N(Cc3ccco3)C(=O)c3ccc(C)cc3)nc2c1. The van der Waals surface area contributed by atoms with Crippen LogP contribution in [0.1, 0.15) is 21.7 Å². The molecule has 27 heavy (non-hydrogen) atoms. The molecule has 1 amide bonds. The lowest BCUT2D eigenvalue weighted by Gasteiger charge is -2.18. The molecule has 0 aliphatic carbocycles. The second kappa shape index (κ2) is 7.25. The number of hydrogen-bond donors (Lipinski definition) is 0. The first-order valence-electron chi connectivity index (χ1n) is 8.49. The average Bonchev–Trinajstić information content (AvgIpc) is 3.34. The number of carbonyl (C=O) groups is 1. The number of aromatic nitrogens is 1. The Bertz CT molecular complexity index is 1070. The number of aryl methyl sites for hydroxylation is 1. The van der Waals surface area contributed by atoms with Crippen molar-refractivity contribution in [3.05, 3.63) is 77.7 Å². The molecule has 0 atom stereocenters. The van der Waals surface area contributed by atoms with E-state index in [0.29, 0.717) is 23.0 Å². The lowest BCUT2D eigenvalue weighted by atomic mass is 10.1. The van der Waals surface area contributed by atoms with Crippen LogP contribution in [0.4, 0.5) is 5.13 Å². The molecule has 4 rings (SSSR count). The highest BCUT2D eigenvalue weighted by atomic mass is 32.1. The van der Waals surface area contributed by atoms with E-state index >= 15 is 0 Å². The number of amides is 1. The first-order chi connectivity index (χ1) is 13.1. The summed E-state index contributed by atoms with van der Waals surface area (Å²) >= 11 is 1.47. The van der Waals surface area contributed by atoms with Gasteiger partial charge in [-0.05, 0) is 43.3 Å². The second-order valence-corrected chi connectivity index (χ2v) is 7.18. The quantitative estimate of drug-likeness (QED) is 0.487. The van der Waals surface area contributed by atoms with Crippen LogP contribution in [0.15, 0.2) is 65.3 Å². The van der Waals surface area contributed by atoms with Crippen molar-refractivity contribution in [1.29, 1.82) is 0 Å². The van der Waals surface area contributed by atoms with Gasteiger partial charge in [0.15, 0.2) is 5.13 Å². The van der Waals surface area contributed by atoms with Crippen molar-refractivity contribution in [3.63, 3.8) is 0 Å². The van der Waals surface area contributed by atoms with Crippen molar-refractivity contribution < 1.29 is 13.9 Å². The molecule has 5 nitrogen and oxygen atoms in total. The van der Waals surface area contributed by atoms with Gasteiger partial charge in [0.1, 0.15) is 11.5 Å².